The quantitative estimate of drug-likeness (QED) is 0.605. The number of piperidine rings is 1. The van der Waals surface area contributed by atoms with Gasteiger partial charge < -0.3 is 10.2 Å². The molecule has 2 atom stereocenters. The summed E-state index contributed by atoms with van der Waals surface area (Å²) in [5.41, 5.74) is -0.588. The molecular weight excluding hydrogens is 357 g/mol. The van der Waals surface area contributed by atoms with Gasteiger partial charge >= 0.3 is 6.03 Å². The van der Waals surface area contributed by atoms with Gasteiger partial charge in [-0.1, -0.05) is 30.4 Å². The Labute approximate surface area is 165 Å². The van der Waals surface area contributed by atoms with Crippen LogP contribution < -0.4 is 10.6 Å². The highest BCUT2D eigenvalue weighted by atomic mass is 19.1. The first-order valence-electron chi connectivity index (χ1n) is 10.3. The number of halogens is 1. The van der Waals surface area contributed by atoms with Gasteiger partial charge in [0.25, 0.3) is 5.91 Å². The van der Waals surface area contributed by atoms with Gasteiger partial charge in [0.2, 0.25) is 0 Å². The lowest BCUT2D eigenvalue weighted by molar-refractivity contribution is -0.126. The van der Waals surface area contributed by atoms with E-state index in [0.29, 0.717) is 11.5 Å². The molecule has 0 bridgehead atoms. The molecule has 0 radical (unpaired) electrons. The average molecular weight is 385 g/mol. The van der Waals surface area contributed by atoms with Crippen molar-refractivity contribution in [3.05, 3.63) is 47.8 Å². The average Bonchev–Trinajstić information content (AvgIpc) is 2.99. The number of amides is 3. The topological polar surface area (TPSA) is 61.4 Å². The summed E-state index contributed by atoms with van der Waals surface area (Å²) >= 11 is 0. The van der Waals surface area contributed by atoms with Crippen LogP contribution in [-0.2, 0) is 11.2 Å². The first-order chi connectivity index (χ1) is 13.6. The van der Waals surface area contributed by atoms with Gasteiger partial charge in [0, 0.05) is 13.0 Å². The molecular formula is C22H28FN3O2. The van der Waals surface area contributed by atoms with Crippen molar-refractivity contribution in [1.29, 1.82) is 0 Å². The van der Waals surface area contributed by atoms with E-state index in [9.17, 15) is 14.0 Å². The van der Waals surface area contributed by atoms with E-state index in [1.165, 1.54) is 18.9 Å². The van der Waals surface area contributed by atoms with Crippen molar-refractivity contribution in [2.75, 3.05) is 19.6 Å². The number of rotatable bonds is 5. The fraction of sp³-hybridized carbons (Fsp3) is 0.545. The summed E-state index contributed by atoms with van der Waals surface area (Å²) in [5, 5.41) is 5.25. The van der Waals surface area contributed by atoms with Crippen LogP contribution in [0.1, 0.15) is 37.7 Å². The number of likely N-dealkylation sites (tertiary alicyclic amines) is 1. The van der Waals surface area contributed by atoms with Crippen molar-refractivity contribution in [3.63, 3.8) is 0 Å². The predicted molar refractivity (Wildman–Crippen MR) is 105 cm³/mol. The third-order valence-electron chi connectivity index (χ3n) is 6.57. The molecule has 4 rings (SSSR count). The van der Waals surface area contributed by atoms with Gasteiger partial charge in [0.15, 0.2) is 0 Å². The lowest BCUT2D eigenvalue weighted by Crippen LogP contribution is -2.57. The van der Waals surface area contributed by atoms with Gasteiger partial charge in [-0.15, -0.1) is 0 Å². The van der Waals surface area contributed by atoms with E-state index in [4.69, 9.17) is 0 Å². The molecule has 5 nitrogen and oxygen atoms in total. The molecule has 2 saturated heterocycles. The summed E-state index contributed by atoms with van der Waals surface area (Å²) < 4.78 is 14.3. The zero-order valence-electron chi connectivity index (χ0n) is 16.1. The van der Waals surface area contributed by atoms with Crippen LogP contribution in [0.25, 0.3) is 0 Å². The van der Waals surface area contributed by atoms with E-state index in [0.717, 1.165) is 38.9 Å². The number of nitrogens with zero attached hydrogens (tertiary/aromatic N) is 1. The lowest BCUT2D eigenvalue weighted by Gasteiger charge is -2.41. The Kier molecular flexibility index (Phi) is 5.49. The summed E-state index contributed by atoms with van der Waals surface area (Å²) in [5.74, 6) is 0.0553. The SMILES string of the molecule is O=C1NC(=O)[C@](Cc2ccccc2F)(C2CCN(C[C@@H]3CC=CCC3)CC2)N1. The standard InChI is InChI=1S/C22H28FN3O2/c23-19-9-5-4-8-17(19)14-22(20(27)24-21(28)25-22)18-10-12-26(13-11-18)15-16-6-2-1-3-7-16/h1-2,4-5,8-9,16,18H,3,6-7,10-15H2,(H2,24,25,27,28)/t16-,22+/m1/s1. The van der Waals surface area contributed by atoms with E-state index >= 15 is 0 Å². The van der Waals surface area contributed by atoms with Crippen LogP contribution in [0.4, 0.5) is 9.18 Å². The molecule has 6 heteroatoms. The molecule has 3 amide bonds. The Morgan fingerprint density at radius 3 is 2.54 bits per heavy atom. The number of urea groups is 1. The largest absolute Gasteiger partial charge is 0.323 e. The first kappa shape index (κ1) is 19.1. The zero-order chi connectivity index (χ0) is 19.6. The molecule has 2 heterocycles. The number of carbonyl (C=O) groups is 2. The highest BCUT2D eigenvalue weighted by Crippen LogP contribution is 2.35. The van der Waals surface area contributed by atoms with Crippen LogP contribution in [0.3, 0.4) is 0 Å². The van der Waals surface area contributed by atoms with Gasteiger partial charge in [0.1, 0.15) is 11.4 Å². The van der Waals surface area contributed by atoms with E-state index < -0.39 is 11.6 Å². The van der Waals surface area contributed by atoms with Crippen LogP contribution in [0, 0.1) is 17.7 Å². The van der Waals surface area contributed by atoms with Crippen molar-refractivity contribution in [2.45, 2.75) is 44.1 Å². The highest BCUT2D eigenvalue weighted by Gasteiger charge is 2.52. The minimum absolute atomic E-state index is 0.000979. The molecule has 150 valence electrons. The van der Waals surface area contributed by atoms with Crippen molar-refractivity contribution >= 4 is 11.9 Å². The third-order valence-corrected chi connectivity index (χ3v) is 6.57. The number of hydrogen-bond donors (Lipinski definition) is 2. The normalized spacial score (nSPS) is 29.0. The van der Waals surface area contributed by atoms with Crippen molar-refractivity contribution in [1.82, 2.24) is 15.5 Å². The first-order valence-corrected chi connectivity index (χ1v) is 10.3. The summed E-state index contributed by atoms with van der Waals surface area (Å²) in [6.07, 6.45) is 9.94. The molecule has 2 fully saturated rings. The maximum atomic E-state index is 14.3. The molecule has 28 heavy (non-hydrogen) atoms. The second-order valence-electron chi connectivity index (χ2n) is 8.37. The van der Waals surface area contributed by atoms with Gasteiger partial charge in [-0.2, -0.15) is 0 Å². The summed E-state index contributed by atoms with van der Waals surface area (Å²) in [6.45, 7) is 2.91. The Bertz CT molecular complexity index is 773. The van der Waals surface area contributed by atoms with Crippen LogP contribution >= 0.6 is 0 Å². The van der Waals surface area contributed by atoms with Crippen molar-refractivity contribution in [2.24, 2.45) is 11.8 Å². The molecule has 3 aliphatic rings. The second kappa shape index (κ2) is 8.03. The molecule has 2 aliphatic heterocycles. The number of nitrogens with one attached hydrogen (secondary N) is 2. The Morgan fingerprint density at radius 2 is 1.89 bits per heavy atom. The van der Waals surface area contributed by atoms with Gasteiger partial charge in [0.05, 0.1) is 0 Å². The second-order valence-corrected chi connectivity index (χ2v) is 8.37. The van der Waals surface area contributed by atoms with Crippen molar-refractivity contribution in [3.8, 4) is 0 Å². The van der Waals surface area contributed by atoms with Crippen LogP contribution in [0.15, 0.2) is 36.4 Å². The minimum Gasteiger partial charge on any atom is -0.323 e. The van der Waals surface area contributed by atoms with E-state index in [2.05, 4.69) is 27.7 Å². The molecule has 2 N–H and O–H groups in total. The van der Waals surface area contributed by atoms with Crippen LogP contribution in [0.2, 0.25) is 0 Å². The lowest BCUT2D eigenvalue weighted by atomic mass is 9.74. The monoisotopic (exact) mass is 385 g/mol. The van der Waals surface area contributed by atoms with E-state index in [1.54, 1.807) is 18.2 Å². The van der Waals surface area contributed by atoms with Gasteiger partial charge in [-0.05, 0) is 68.7 Å². The Morgan fingerprint density at radius 1 is 1.11 bits per heavy atom. The molecule has 1 aromatic rings. The third kappa shape index (κ3) is 3.83. The van der Waals surface area contributed by atoms with Gasteiger partial charge in [-0.25, -0.2) is 9.18 Å². The number of allylic oxidation sites excluding steroid dienone is 2. The molecule has 0 saturated carbocycles. The molecule has 1 aromatic carbocycles. The molecule has 0 aromatic heterocycles. The van der Waals surface area contributed by atoms with Crippen LogP contribution in [0.5, 0.6) is 0 Å². The zero-order valence-corrected chi connectivity index (χ0v) is 16.1. The fourth-order valence-electron chi connectivity index (χ4n) is 5.00. The number of carbonyl (C=O) groups excluding carboxylic acids is 2. The van der Waals surface area contributed by atoms with Gasteiger partial charge in [-0.3, -0.25) is 10.1 Å². The maximum Gasteiger partial charge on any atom is 0.322 e. The minimum atomic E-state index is -1.06. The molecule has 0 unspecified atom stereocenters. The van der Waals surface area contributed by atoms with E-state index in [-0.39, 0.29) is 24.1 Å². The summed E-state index contributed by atoms with van der Waals surface area (Å²) in [6, 6.07) is 6.02. The van der Waals surface area contributed by atoms with Crippen LogP contribution in [-0.4, -0.2) is 42.0 Å². The molecule has 1 aliphatic carbocycles. The predicted octanol–water partition coefficient (Wildman–Crippen LogP) is 3.01. The van der Waals surface area contributed by atoms with E-state index in [1.807, 2.05) is 0 Å². The Balaban J connectivity index is 1.46. The number of imide groups is 1. The smallest absolute Gasteiger partial charge is 0.322 e. The maximum absolute atomic E-state index is 14.3. The van der Waals surface area contributed by atoms with Crippen molar-refractivity contribution < 1.29 is 14.0 Å². The molecule has 0 spiro atoms. The summed E-state index contributed by atoms with van der Waals surface area (Å²) in [4.78, 5) is 27.2. The number of benzene rings is 1. The fourth-order valence-corrected chi connectivity index (χ4v) is 5.00. The summed E-state index contributed by atoms with van der Waals surface area (Å²) in [7, 11) is 0. The number of hydrogen-bond acceptors (Lipinski definition) is 3. The highest BCUT2D eigenvalue weighted by molar-refractivity contribution is 6.07. The Hall–Kier alpha value is -2.21.